The Labute approximate surface area is 184 Å². The molecule has 0 aliphatic carbocycles. The second-order valence-electron chi connectivity index (χ2n) is 6.94. The minimum absolute atomic E-state index is 0.0489. The fourth-order valence-corrected chi connectivity index (χ4v) is 3.12. The largest absolute Gasteiger partial charge is 0.340 e. The van der Waals surface area contributed by atoms with Gasteiger partial charge < -0.3 is 10.6 Å². The van der Waals surface area contributed by atoms with Gasteiger partial charge in [-0.2, -0.15) is 0 Å². The SMILES string of the molecule is Cc1ccc(-c2cc(Nc3ccc(C(=O)Nc4ccc(F)c(Cl)c4)cc3)ncn2)cc1. The van der Waals surface area contributed by atoms with E-state index in [1.165, 1.54) is 30.1 Å². The zero-order valence-electron chi connectivity index (χ0n) is 16.6. The van der Waals surface area contributed by atoms with Crippen LogP contribution in [-0.4, -0.2) is 15.9 Å². The summed E-state index contributed by atoms with van der Waals surface area (Å²) in [5, 5.41) is 5.86. The monoisotopic (exact) mass is 432 g/mol. The molecule has 7 heteroatoms. The molecule has 1 amide bonds. The number of amides is 1. The molecule has 0 unspecified atom stereocenters. The van der Waals surface area contributed by atoms with Crippen LogP contribution in [0.15, 0.2) is 79.1 Å². The van der Waals surface area contributed by atoms with E-state index in [4.69, 9.17) is 11.6 Å². The van der Waals surface area contributed by atoms with Crippen LogP contribution < -0.4 is 10.6 Å². The van der Waals surface area contributed by atoms with E-state index in [2.05, 4.69) is 20.6 Å². The summed E-state index contributed by atoms with van der Waals surface area (Å²) in [6.07, 6.45) is 1.51. The number of nitrogens with one attached hydrogen (secondary N) is 2. The minimum atomic E-state index is -0.537. The number of rotatable bonds is 5. The van der Waals surface area contributed by atoms with Crippen molar-refractivity contribution in [2.75, 3.05) is 10.6 Å². The minimum Gasteiger partial charge on any atom is -0.340 e. The molecule has 0 aliphatic rings. The highest BCUT2D eigenvalue weighted by molar-refractivity contribution is 6.31. The van der Waals surface area contributed by atoms with Gasteiger partial charge in [-0.3, -0.25) is 4.79 Å². The lowest BCUT2D eigenvalue weighted by Crippen LogP contribution is -2.11. The molecule has 0 bridgehead atoms. The quantitative estimate of drug-likeness (QED) is 0.391. The van der Waals surface area contributed by atoms with Gasteiger partial charge >= 0.3 is 0 Å². The van der Waals surface area contributed by atoms with Crippen molar-refractivity contribution < 1.29 is 9.18 Å². The van der Waals surface area contributed by atoms with Crippen molar-refractivity contribution in [2.45, 2.75) is 6.92 Å². The molecule has 0 fully saturated rings. The Kier molecular flexibility index (Phi) is 5.91. The molecule has 4 rings (SSSR count). The highest BCUT2D eigenvalue weighted by Crippen LogP contribution is 2.23. The highest BCUT2D eigenvalue weighted by atomic mass is 35.5. The van der Waals surface area contributed by atoms with Crippen LogP contribution >= 0.6 is 11.6 Å². The second-order valence-corrected chi connectivity index (χ2v) is 7.35. The third kappa shape index (κ3) is 5.05. The molecular weight excluding hydrogens is 415 g/mol. The van der Waals surface area contributed by atoms with Gasteiger partial charge in [-0.1, -0.05) is 41.4 Å². The molecule has 154 valence electrons. The maximum Gasteiger partial charge on any atom is 0.255 e. The van der Waals surface area contributed by atoms with Gasteiger partial charge in [0.05, 0.1) is 10.7 Å². The standard InChI is InChI=1S/C24H18ClFN4O/c1-15-2-4-16(5-3-15)22-13-23(28-14-27-22)29-18-8-6-17(7-9-18)24(31)30-19-10-11-21(26)20(25)12-19/h2-14H,1H3,(H,30,31)(H,27,28,29). The molecule has 0 saturated carbocycles. The van der Waals surface area contributed by atoms with Gasteiger partial charge in [-0.05, 0) is 49.4 Å². The first-order valence-electron chi connectivity index (χ1n) is 9.50. The van der Waals surface area contributed by atoms with Gasteiger partial charge in [0, 0.05) is 28.6 Å². The van der Waals surface area contributed by atoms with Crippen molar-refractivity contribution in [1.82, 2.24) is 9.97 Å². The smallest absolute Gasteiger partial charge is 0.255 e. The maximum absolute atomic E-state index is 13.3. The number of carbonyl (C=O) groups excluding carboxylic acids is 1. The number of carbonyl (C=O) groups is 1. The number of anilines is 3. The average Bonchev–Trinajstić information content (AvgIpc) is 2.77. The third-order valence-corrected chi connectivity index (χ3v) is 4.90. The van der Waals surface area contributed by atoms with Crippen LogP contribution in [0.2, 0.25) is 5.02 Å². The maximum atomic E-state index is 13.3. The molecule has 0 spiro atoms. The number of halogens is 2. The second kappa shape index (κ2) is 8.93. The van der Waals surface area contributed by atoms with Crippen molar-refractivity contribution in [2.24, 2.45) is 0 Å². The lowest BCUT2D eigenvalue weighted by Gasteiger charge is -2.09. The van der Waals surface area contributed by atoms with Crippen molar-refractivity contribution in [3.8, 4) is 11.3 Å². The molecule has 1 aromatic heterocycles. The number of benzene rings is 3. The molecule has 0 aliphatic heterocycles. The molecule has 2 N–H and O–H groups in total. The molecule has 0 saturated heterocycles. The Balaban J connectivity index is 1.45. The van der Waals surface area contributed by atoms with Crippen molar-refractivity contribution in [1.29, 1.82) is 0 Å². The normalized spacial score (nSPS) is 10.5. The Morgan fingerprint density at radius 3 is 2.32 bits per heavy atom. The molecule has 3 aromatic carbocycles. The molecule has 0 radical (unpaired) electrons. The van der Waals surface area contributed by atoms with Crippen molar-refractivity contribution in [3.63, 3.8) is 0 Å². The first-order chi connectivity index (χ1) is 15.0. The predicted molar refractivity (Wildman–Crippen MR) is 121 cm³/mol. The van der Waals surface area contributed by atoms with Gasteiger partial charge in [0.25, 0.3) is 5.91 Å². The lowest BCUT2D eigenvalue weighted by atomic mass is 10.1. The van der Waals surface area contributed by atoms with Gasteiger partial charge in [-0.15, -0.1) is 0 Å². The zero-order valence-corrected chi connectivity index (χ0v) is 17.3. The summed E-state index contributed by atoms with van der Waals surface area (Å²) in [5.41, 5.74) is 4.64. The summed E-state index contributed by atoms with van der Waals surface area (Å²) >= 11 is 5.75. The zero-order chi connectivity index (χ0) is 21.8. The van der Waals surface area contributed by atoms with Crippen molar-refractivity contribution in [3.05, 3.63) is 101 Å². The Morgan fingerprint density at radius 1 is 0.903 bits per heavy atom. The first-order valence-corrected chi connectivity index (χ1v) is 9.88. The average molecular weight is 433 g/mol. The molecule has 0 atom stereocenters. The van der Waals surface area contributed by atoms with E-state index in [-0.39, 0.29) is 10.9 Å². The summed E-state index contributed by atoms with van der Waals surface area (Å²) in [4.78, 5) is 21.0. The summed E-state index contributed by atoms with van der Waals surface area (Å²) in [5.74, 6) is -0.216. The van der Waals surface area contributed by atoms with Gasteiger partial charge in [-0.25, -0.2) is 14.4 Å². The van der Waals surface area contributed by atoms with Gasteiger partial charge in [0.2, 0.25) is 0 Å². The number of aryl methyl sites for hydroxylation is 1. The van der Waals surface area contributed by atoms with E-state index in [1.807, 2.05) is 37.3 Å². The van der Waals surface area contributed by atoms with Gasteiger partial charge in [0.15, 0.2) is 0 Å². The fourth-order valence-electron chi connectivity index (χ4n) is 2.94. The Bertz CT molecular complexity index is 1230. The lowest BCUT2D eigenvalue weighted by molar-refractivity contribution is 0.102. The van der Waals surface area contributed by atoms with Crippen LogP contribution in [0.4, 0.5) is 21.6 Å². The van der Waals surface area contributed by atoms with Crippen LogP contribution in [0, 0.1) is 12.7 Å². The summed E-state index contributed by atoms with van der Waals surface area (Å²) in [6.45, 7) is 2.04. The van der Waals surface area contributed by atoms with Crippen molar-refractivity contribution >= 4 is 34.7 Å². The molecular formula is C24H18ClFN4O. The van der Waals surface area contributed by atoms with E-state index in [9.17, 15) is 9.18 Å². The number of aromatic nitrogens is 2. The van der Waals surface area contributed by atoms with E-state index < -0.39 is 5.82 Å². The van der Waals surface area contributed by atoms with Crippen LogP contribution in [0.5, 0.6) is 0 Å². The third-order valence-electron chi connectivity index (χ3n) is 4.61. The van der Waals surface area contributed by atoms with Crippen LogP contribution in [-0.2, 0) is 0 Å². The summed E-state index contributed by atoms with van der Waals surface area (Å²) < 4.78 is 13.3. The molecule has 31 heavy (non-hydrogen) atoms. The topological polar surface area (TPSA) is 66.9 Å². The van der Waals surface area contributed by atoms with E-state index in [0.717, 1.165) is 16.9 Å². The highest BCUT2D eigenvalue weighted by Gasteiger charge is 2.09. The fraction of sp³-hybridized carbons (Fsp3) is 0.0417. The van der Waals surface area contributed by atoms with Crippen LogP contribution in [0.3, 0.4) is 0 Å². The number of nitrogens with zero attached hydrogens (tertiary/aromatic N) is 2. The summed E-state index contributed by atoms with van der Waals surface area (Å²) in [7, 11) is 0. The van der Waals surface area contributed by atoms with Gasteiger partial charge in [0.1, 0.15) is 18.0 Å². The van der Waals surface area contributed by atoms with E-state index in [0.29, 0.717) is 17.1 Å². The van der Waals surface area contributed by atoms with Crippen LogP contribution in [0.25, 0.3) is 11.3 Å². The number of hydrogen-bond acceptors (Lipinski definition) is 4. The Morgan fingerprint density at radius 2 is 1.61 bits per heavy atom. The van der Waals surface area contributed by atoms with Crippen LogP contribution in [0.1, 0.15) is 15.9 Å². The molecule has 1 heterocycles. The first kappa shape index (κ1) is 20.5. The number of hydrogen-bond donors (Lipinski definition) is 2. The van der Waals surface area contributed by atoms with E-state index >= 15 is 0 Å². The summed E-state index contributed by atoms with van der Waals surface area (Å²) in [6, 6.07) is 20.9. The Hall–Kier alpha value is -3.77. The van der Waals surface area contributed by atoms with E-state index in [1.54, 1.807) is 24.3 Å². The molecule has 4 aromatic rings. The molecule has 5 nitrogen and oxygen atoms in total. The predicted octanol–water partition coefficient (Wildman–Crippen LogP) is 6.24.